The standard InChI is InChI=1S/C29H19Cl3N4O2S2/c30-22-11-5-4-7-17(22)13-20-16-34-29(39-20)35-26(37)21(15-33)28-36(19-9-2-1-3-10-19)27(38)24(40-28)14-18-8-6-12-23(31)25(18)32/h1-12,16,24H,13-14H2,(H,34,35,37)/b28-21-. The first-order valence-corrected chi connectivity index (χ1v) is 14.8. The molecule has 0 aliphatic carbocycles. The van der Waals surface area contributed by atoms with Crippen molar-refractivity contribution in [2.45, 2.75) is 18.1 Å². The number of hydrogen-bond acceptors (Lipinski definition) is 6. The number of thiazole rings is 1. The number of halogens is 3. The van der Waals surface area contributed by atoms with Crippen LogP contribution in [0.5, 0.6) is 0 Å². The summed E-state index contributed by atoms with van der Waals surface area (Å²) in [5.41, 5.74) is 2.00. The summed E-state index contributed by atoms with van der Waals surface area (Å²) in [6.07, 6.45) is 2.49. The smallest absolute Gasteiger partial charge is 0.270 e. The molecule has 0 saturated carbocycles. The van der Waals surface area contributed by atoms with Gasteiger partial charge in [-0.05, 0) is 41.8 Å². The average Bonchev–Trinajstić information content (AvgIpc) is 3.52. The molecule has 1 unspecified atom stereocenters. The molecule has 200 valence electrons. The molecule has 6 nitrogen and oxygen atoms in total. The van der Waals surface area contributed by atoms with Crippen molar-refractivity contribution in [3.8, 4) is 6.07 Å². The number of thioether (sulfide) groups is 1. The number of carbonyl (C=O) groups is 2. The second-order valence-electron chi connectivity index (χ2n) is 8.68. The Morgan fingerprint density at radius 1 is 0.975 bits per heavy atom. The van der Waals surface area contributed by atoms with E-state index in [1.54, 1.807) is 48.7 Å². The van der Waals surface area contributed by atoms with Crippen molar-refractivity contribution in [3.05, 3.63) is 121 Å². The van der Waals surface area contributed by atoms with Gasteiger partial charge in [-0.25, -0.2) is 4.98 Å². The van der Waals surface area contributed by atoms with Gasteiger partial charge in [0, 0.05) is 28.2 Å². The quantitative estimate of drug-likeness (QED) is 0.168. The number of hydrogen-bond donors (Lipinski definition) is 1. The second-order valence-corrected chi connectivity index (χ2v) is 12.2. The van der Waals surface area contributed by atoms with E-state index in [9.17, 15) is 14.9 Å². The van der Waals surface area contributed by atoms with Crippen molar-refractivity contribution in [1.29, 1.82) is 5.26 Å². The Morgan fingerprint density at radius 2 is 1.68 bits per heavy atom. The second kappa shape index (κ2) is 12.5. The van der Waals surface area contributed by atoms with Crippen molar-refractivity contribution in [2.75, 3.05) is 10.2 Å². The summed E-state index contributed by atoms with van der Waals surface area (Å²) in [7, 11) is 0. The number of para-hydroxylation sites is 1. The predicted molar refractivity (Wildman–Crippen MR) is 163 cm³/mol. The molecule has 4 aromatic rings. The summed E-state index contributed by atoms with van der Waals surface area (Å²) in [6, 6.07) is 23.7. The van der Waals surface area contributed by atoms with Crippen LogP contribution in [-0.4, -0.2) is 22.0 Å². The van der Waals surface area contributed by atoms with Gasteiger partial charge in [-0.2, -0.15) is 5.26 Å². The van der Waals surface area contributed by atoms with Crippen molar-refractivity contribution in [1.82, 2.24) is 4.98 Å². The van der Waals surface area contributed by atoms with Gasteiger partial charge >= 0.3 is 0 Å². The van der Waals surface area contributed by atoms with Gasteiger partial charge in [0.25, 0.3) is 5.91 Å². The SMILES string of the molecule is N#C/C(C(=O)Nc1ncc(Cc2ccccc2Cl)s1)=C1/SC(Cc2cccc(Cl)c2Cl)C(=O)N1c1ccccc1. The van der Waals surface area contributed by atoms with Crippen molar-refractivity contribution >= 4 is 80.5 Å². The van der Waals surface area contributed by atoms with Crippen LogP contribution in [0.25, 0.3) is 0 Å². The molecular formula is C29H19Cl3N4O2S2. The number of rotatable bonds is 7. The molecule has 3 aromatic carbocycles. The third-order valence-corrected chi connectivity index (χ3v) is 9.46. The van der Waals surface area contributed by atoms with Gasteiger partial charge in [0.2, 0.25) is 5.91 Å². The number of nitrogens with zero attached hydrogens (tertiary/aromatic N) is 3. The van der Waals surface area contributed by atoms with Crippen LogP contribution in [-0.2, 0) is 22.4 Å². The number of anilines is 2. The van der Waals surface area contributed by atoms with Crippen molar-refractivity contribution < 1.29 is 9.59 Å². The maximum absolute atomic E-state index is 13.7. The number of benzene rings is 3. The topological polar surface area (TPSA) is 86.1 Å². The Bertz CT molecular complexity index is 1670. The molecular weight excluding hydrogens is 607 g/mol. The molecule has 0 spiro atoms. The minimum atomic E-state index is -0.654. The van der Waals surface area contributed by atoms with Crippen LogP contribution < -0.4 is 10.2 Å². The molecule has 1 aromatic heterocycles. The summed E-state index contributed by atoms with van der Waals surface area (Å²) < 4.78 is 0. The van der Waals surface area contributed by atoms with Crippen molar-refractivity contribution in [2.24, 2.45) is 0 Å². The molecule has 40 heavy (non-hydrogen) atoms. The molecule has 1 N–H and O–H groups in total. The summed E-state index contributed by atoms with van der Waals surface area (Å²) in [5.74, 6) is -0.919. The van der Waals surface area contributed by atoms with Gasteiger partial charge in [0.05, 0.1) is 15.3 Å². The lowest BCUT2D eigenvalue weighted by atomic mass is 10.1. The Balaban J connectivity index is 1.43. The fourth-order valence-corrected chi connectivity index (χ4v) is 6.87. The first kappa shape index (κ1) is 28.2. The zero-order valence-electron chi connectivity index (χ0n) is 20.6. The molecule has 1 aliphatic rings. The molecule has 0 radical (unpaired) electrons. The molecule has 1 fully saturated rings. The fourth-order valence-electron chi connectivity index (χ4n) is 4.14. The summed E-state index contributed by atoms with van der Waals surface area (Å²) in [6.45, 7) is 0. The highest BCUT2D eigenvalue weighted by atomic mass is 35.5. The van der Waals surface area contributed by atoms with Crippen molar-refractivity contribution in [3.63, 3.8) is 0 Å². The van der Waals surface area contributed by atoms with Crippen LogP contribution in [0.3, 0.4) is 0 Å². The number of amides is 2. The predicted octanol–water partition coefficient (Wildman–Crippen LogP) is 7.76. The summed E-state index contributed by atoms with van der Waals surface area (Å²) in [5, 5.41) is 14.2. The third kappa shape index (κ3) is 6.04. The lowest BCUT2D eigenvalue weighted by molar-refractivity contribution is -0.117. The van der Waals surface area contributed by atoms with Gasteiger partial charge in [0.15, 0.2) is 5.13 Å². The average molecular weight is 626 g/mol. The zero-order valence-corrected chi connectivity index (χ0v) is 24.5. The monoisotopic (exact) mass is 624 g/mol. The minimum absolute atomic E-state index is 0.190. The van der Waals surface area contributed by atoms with Crippen LogP contribution in [0.4, 0.5) is 10.8 Å². The lowest BCUT2D eigenvalue weighted by Crippen LogP contribution is -2.30. The first-order valence-electron chi connectivity index (χ1n) is 12.0. The molecule has 2 heterocycles. The molecule has 11 heteroatoms. The first-order chi connectivity index (χ1) is 19.4. The van der Waals surface area contributed by atoms with E-state index in [0.717, 1.165) is 22.2 Å². The van der Waals surface area contributed by atoms with Gasteiger partial charge in [0.1, 0.15) is 16.7 Å². The third-order valence-electron chi connectivity index (χ3n) is 6.05. The maximum atomic E-state index is 13.7. The van der Waals surface area contributed by atoms with E-state index >= 15 is 0 Å². The van der Waals surface area contributed by atoms with Crippen LogP contribution in [0, 0.1) is 11.3 Å². The van der Waals surface area contributed by atoms with Crippen LogP contribution >= 0.6 is 57.9 Å². The van der Waals surface area contributed by atoms with Crippen LogP contribution in [0.1, 0.15) is 16.0 Å². The van der Waals surface area contributed by atoms with Crippen LogP contribution in [0.15, 0.2) is 89.6 Å². The summed E-state index contributed by atoms with van der Waals surface area (Å²) >= 11 is 21.3. The highest BCUT2D eigenvalue weighted by molar-refractivity contribution is 8.05. The molecule has 5 rings (SSSR count). The van der Waals surface area contributed by atoms with E-state index in [0.29, 0.717) is 37.9 Å². The zero-order chi connectivity index (χ0) is 28.2. The van der Waals surface area contributed by atoms with E-state index in [4.69, 9.17) is 34.8 Å². The molecule has 1 atom stereocenters. The normalized spacial score (nSPS) is 16.1. The molecule has 2 amide bonds. The fraction of sp³-hybridized carbons (Fsp3) is 0.103. The lowest BCUT2D eigenvalue weighted by Gasteiger charge is -2.18. The van der Waals surface area contributed by atoms with Crippen LogP contribution in [0.2, 0.25) is 15.1 Å². The van der Waals surface area contributed by atoms with E-state index < -0.39 is 11.2 Å². The Labute approximate surface area is 254 Å². The van der Waals surface area contributed by atoms with Gasteiger partial charge in [-0.3, -0.25) is 19.8 Å². The molecule has 1 aliphatic heterocycles. The van der Waals surface area contributed by atoms with E-state index in [1.807, 2.05) is 36.4 Å². The Hall–Kier alpha value is -3.32. The van der Waals surface area contributed by atoms with Gasteiger partial charge < -0.3 is 0 Å². The summed E-state index contributed by atoms with van der Waals surface area (Å²) in [4.78, 5) is 33.6. The highest BCUT2D eigenvalue weighted by Crippen LogP contribution is 2.43. The molecule has 0 bridgehead atoms. The number of nitriles is 1. The molecule has 1 saturated heterocycles. The largest absolute Gasteiger partial charge is 0.297 e. The maximum Gasteiger partial charge on any atom is 0.270 e. The van der Waals surface area contributed by atoms with E-state index in [2.05, 4.69) is 10.3 Å². The van der Waals surface area contributed by atoms with E-state index in [-0.39, 0.29) is 22.9 Å². The number of carbonyl (C=O) groups excluding carboxylic acids is 2. The van der Waals surface area contributed by atoms with Gasteiger partial charge in [-0.15, -0.1) is 11.3 Å². The Kier molecular flexibility index (Phi) is 8.79. The highest BCUT2D eigenvalue weighted by Gasteiger charge is 2.41. The number of nitrogens with one attached hydrogen (secondary N) is 1. The Morgan fingerprint density at radius 3 is 2.42 bits per heavy atom. The van der Waals surface area contributed by atoms with Gasteiger partial charge in [-0.1, -0.05) is 95.1 Å². The number of aromatic nitrogens is 1. The van der Waals surface area contributed by atoms with E-state index in [1.165, 1.54) is 16.2 Å². The minimum Gasteiger partial charge on any atom is -0.297 e.